The van der Waals surface area contributed by atoms with E-state index in [1.54, 1.807) is 12.1 Å². The van der Waals surface area contributed by atoms with Crippen molar-refractivity contribution >= 4 is 14.0 Å². The predicted octanol–water partition coefficient (Wildman–Crippen LogP) is 6.47. The molecular weight excluding hydrogens is 492 g/mol. The van der Waals surface area contributed by atoms with Crippen LogP contribution < -0.4 is 0 Å². The number of ether oxygens (including phenoxy) is 1. The average molecular weight is 527 g/mol. The van der Waals surface area contributed by atoms with Crippen molar-refractivity contribution in [1.82, 2.24) is 4.98 Å². The van der Waals surface area contributed by atoms with Gasteiger partial charge < -0.3 is 9.84 Å². The summed E-state index contributed by atoms with van der Waals surface area (Å²) in [4.78, 5) is 17.4. The number of carbonyl (C=O) groups excluding carboxylic acids is 1. The summed E-state index contributed by atoms with van der Waals surface area (Å²) in [6, 6.07) is 16.4. The fraction of sp³-hybridized carbons (Fsp3) is 0.379. The molecule has 1 N–H and O–H groups in total. The number of hydrogen-bond donors (Lipinski definition) is 1. The lowest BCUT2D eigenvalue weighted by molar-refractivity contribution is -0.145. The lowest BCUT2D eigenvalue weighted by atomic mass is 9.86. The highest BCUT2D eigenvalue weighted by molar-refractivity contribution is 7.39. The molecule has 0 saturated heterocycles. The van der Waals surface area contributed by atoms with Crippen molar-refractivity contribution < 1.29 is 28.1 Å². The van der Waals surface area contributed by atoms with E-state index in [1.807, 2.05) is 30.3 Å². The number of rotatable bonds is 12. The Morgan fingerprint density at radius 3 is 2.32 bits per heavy atom. The van der Waals surface area contributed by atoms with Crippen LogP contribution in [0.3, 0.4) is 0 Å². The molecule has 0 bridgehead atoms. The molecule has 196 valence electrons. The van der Waals surface area contributed by atoms with Gasteiger partial charge in [-0.15, -0.1) is 4.52 Å². The van der Waals surface area contributed by atoms with Crippen LogP contribution in [0.4, 0.5) is 4.39 Å². The maximum absolute atomic E-state index is 13.8. The van der Waals surface area contributed by atoms with E-state index in [9.17, 15) is 18.9 Å². The molecule has 2 unspecified atom stereocenters. The first kappa shape index (κ1) is 28.6. The third kappa shape index (κ3) is 7.51. The molecule has 0 aliphatic carbocycles. The minimum atomic E-state index is -2.01. The van der Waals surface area contributed by atoms with Gasteiger partial charge in [-0.1, -0.05) is 63.2 Å². The van der Waals surface area contributed by atoms with Crippen molar-refractivity contribution in [2.75, 3.05) is 19.9 Å². The van der Waals surface area contributed by atoms with Gasteiger partial charge in [0, 0.05) is 17.7 Å². The third-order valence-electron chi connectivity index (χ3n) is 6.09. The van der Waals surface area contributed by atoms with Crippen LogP contribution in [-0.2, 0) is 31.5 Å². The highest BCUT2D eigenvalue weighted by atomic mass is 31.1. The van der Waals surface area contributed by atoms with Gasteiger partial charge in [0.1, 0.15) is 11.9 Å². The van der Waals surface area contributed by atoms with Gasteiger partial charge in [0.15, 0.2) is 0 Å². The molecule has 6 nitrogen and oxygen atoms in total. The fourth-order valence-electron chi connectivity index (χ4n) is 4.39. The van der Waals surface area contributed by atoms with Gasteiger partial charge in [-0.3, -0.25) is 9.78 Å². The minimum Gasteiger partial charge on any atom is -0.465 e. The average Bonchev–Trinajstić information content (AvgIpc) is 2.88. The zero-order chi connectivity index (χ0) is 26.9. The molecule has 0 spiro atoms. The summed E-state index contributed by atoms with van der Waals surface area (Å²) in [5.41, 5.74) is 6.64. The van der Waals surface area contributed by atoms with Gasteiger partial charge in [-0.25, -0.2) is 4.39 Å². The van der Waals surface area contributed by atoms with E-state index in [1.165, 1.54) is 19.2 Å². The first-order valence-electron chi connectivity index (χ1n) is 12.4. The molecule has 0 fully saturated rings. The Balaban J connectivity index is 2.00. The Kier molecular flexibility index (Phi) is 10.4. The van der Waals surface area contributed by atoms with E-state index >= 15 is 0 Å². The Morgan fingerprint density at radius 1 is 1.05 bits per heavy atom. The smallest absolute Gasteiger partial charge is 0.465 e. The summed E-state index contributed by atoms with van der Waals surface area (Å²) in [6.45, 7) is 6.30. The number of carbonyl (C=O) groups is 1. The van der Waals surface area contributed by atoms with E-state index in [4.69, 9.17) is 9.72 Å². The lowest BCUT2D eigenvalue weighted by Gasteiger charge is -2.23. The molecule has 0 saturated carbocycles. The molecule has 37 heavy (non-hydrogen) atoms. The van der Waals surface area contributed by atoms with Crippen LogP contribution in [0.15, 0.2) is 54.6 Å². The van der Waals surface area contributed by atoms with E-state index in [0.29, 0.717) is 12.8 Å². The van der Waals surface area contributed by atoms with Crippen LogP contribution in [0.1, 0.15) is 49.9 Å². The second kappa shape index (κ2) is 13.5. The maximum atomic E-state index is 13.8. The van der Waals surface area contributed by atoms with Gasteiger partial charge in [0.25, 0.3) is 0 Å². The van der Waals surface area contributed by atoms with Crippen LogP contribution >= 0.6 is 8.03 Å². The Morgan fingerprint density at radius 2 is 1.73 bits per heavy atom. The molecule has 3 rings (SSSR count). The molecule has 3 aromatic rings. The lowest BCUT2D eigenvalue weighted by Crippen LogP contribution is -2.19. The van der Waals surface area contributed by atoms with Crippen LogP contribution in [-0.4, -0.2) is 42.0 Å². The second-order valence-electron chi connectivity index (χ2n) is 9.09. The number of nitrogens with zero attached hydrogens (tertiary/aromatic N) is 1. The summed E-state index contributed by atoms with van der Waals surface area (Å²) >= 11 is 0. The SMILES string of the molecule is CCc1c(-c2ccccc2)nc(C(C)C)c(CCOC(=O)CC(O)C[P+](=O)OC)c1-c1ccc(F)cc1. The van der Waals surface area contributed by atoms with Gasteiger partial charge in [-0.05, 0) is 51.3 Å². The monoisotopic (exact) mass is 526 g/mol. The number of esters is 1. The third-order valence-corrected chi connectivity index (χ3v) is 7.22. The standard InChI is InChI=1S/C29H34FNO5P/c1-5-24-27(20-11-13-22(30)14-12-20)25(15-16-36-26(33)17-23(32)18-37(34)35-4)28(19(2)3)31-29(24)21-9-7-6-8-10-21/h6-14,19,23,32H,5,15-18H2,1-4H3/q+1. The summed E-state index contributed by atoms with van der Waals surface area (Å²) in [6.07, 6.45) is -0.381. The topological polar surface area (TPSA) is 85.7 Å². The van der Waals surface area contributed by atoms with Crippen LogP contribution in [0.25, 0.3) is 22.4 Å². The van der Waals surface area contributed by atoms with E-state index in [0.717, 1.165) is 39.2 Å². The number of pyridine rings is 1. The molecular formula is C29H34FNO5P+. The quantitative estimate of drug-likeness (QED) is 0.215. The number of aromatic nitrogens is 1. The molecule has 8 heteroatoms. The molecule has 0 aliphatic rings. The van der Waals surface area contributed by atoms with Crippen molar-refractivity contribution in [2.24, 2.45) is 0 Å². The largest absolute Gasteiger partial charge is 0.510 e. The minimum absolute atomic E-state index is 0.0884. The van der Waals surface area contributed by atoms with Crippen LogP contribution in [0, 0.1) is 5.82 Å². The number of hydrogen-bond acceptors (Lipinski definition) is 6. The first-order chi connectivity index (χ1) is 17.7. The maximum Gasteiger partial charge on any atom is 0.510 e. The zero-order valence-corrected chi connectivity index (χ0v) is 22.6. The first-order valence-corrected chi connectivity index (χ1v) is 13.8. The van der Waals surface area contributed by atoms with Crippen LogP contribution in [0.5, 0.6) is 0 Å². The van der Waals surface area contributed by atoms with Crippen LogP contribution in [0.2, 0.25) is 0 Å². The Hall–Kier alpha value is -2.99. The molecule has 0 aliphatic heterocycles. The van der Waals surface area contributed by atoms with Gasteiger partial charge in [-0.2, -0.15) is 0 Å². The number of halogens is 1. The van der Waals surface area contributed by atoms with E-state index in [2.05, 4.69) is 25.3 Å². The summed E-state index contributed by atoms with van der Waals surface area (Å²) in [5, 5.41) is 9.97. The van der Waals surface area contributed by atoms with Crippen molar-refractivity contribution in [3.8, 4) is 22.4 Å². The van der Waals surface area contributed by atoms with Gasteiger partial charge >= 0.3 is 14.0 Å². The Labute approximate surface area is 218 Å². The highest BCUT2D eigenvalue weighted by Gasteiger charge is 2.25. The fourth-order valence-corrected chi connectivity index (χ4v) is 5.01. The Bertz CT molecular complexity index is 1220. The normalized spacial score (nSPS) is 12.5. The molecule has 1 aromatic heterocycles. The molecule has 2 aromatic carbocycles. The van der Waals surface area contributed by atoms with Crippen molar-refractivity contribution in [1.29, 1.82) is 0 Å². The van der Waals surface area contributed by atoms with E-state index < -0.39 is 20.1 Å². The van der Waals surface area contributed by atoms with Crippen molar-refractivity contribution in [2.45, 2.75) is 52.1 Å². The number of benzene rings is 2. The summed E-state index contributed by atoms with van der Waals surface area (Å²) in [7, 11) is -0.724. The predicted molar refractivity (Wildman–Crippen MR) is 143 cm³/mol. The second-order valence-corrected chi connectivity index (χ2v) is 10.5. The highest BCUT2D eigenvalue weighted by Crippen LogP contribution is 2.38. The van der Waals surface area contributed by atoms with Gasteiger partial charge in [0.05, 0.1) is 25.8 Å². The molecule has 1 heterocycles. The van der Waals surface area contributed by atoms with E-state index in [-0.39, 0.29) is 30.9 Å². The molecule has 2 atom stereocenters. The molecule has 0 amide bonds. The number of aliphatic hydroxyl groups excluding tert-OH is 1. The van der Waals surface area contributed by atoms with Crippen molar-refractivity contribution in [3.63, 3.8) is 0 Å². The van der Waals surface area contributed by atoms with Crippen molar-refractivity contribution in [3.05, 3.63) is 77.2 Å². The summed E-state index contributed by atoms with van der Waals surface area (Å²) in [5.74, 6) is -0.802. The van der Waals surface area contributed by atoms with Gasteiger partial charge in [0.2, 0.25) is 6.16 Å². The number of aliphatic hydroxyl groups is 1. The summed E-state index contributed by atoms with van der Waals surface area (Å²) < 4.78 is 35.4. The molecule has 0 radical (unpaired) electrons. The zero-order valence-electron chi connectivity index (χ0n) is 21.7.